The van der Waals surface area contributed by atoms with Crippen LogP contribution in [0.25, 0.3) is 0 Å². The van der Waals surface area contributed by atoms with Crippen LogP contribution in [0.1, 0.15) is 86.1 Å². The summed E-state index contributed by atoms with van der Waals surface area (Å²) in [7, 11) is 0. The molecule has 2 N–H and O–H groups in total. The van der Waals surface area contributed by atoms with Gasteiger partial charge >= 0.3 is 0 Å². The van der Waals surface area contributed by atoms with Crippen molar-refractivity contribution in [3.05, 3.63) is 178 Å². The average molecular weight is 651 g/mol. The van der Waals surface area contributed by atoms with Crippen LogP contribution in [0.5, 0.6) is 0 Å². The van der Waals surface area contributed by atoms with Crippen molar-refractivity contribution in [2.24, 2.45) is 10.8 Å². The van der Waals surface area contributed by atoms with Gasteiger partial charge in [-0.25, -0.2) is 0 Å². The highest BCUT2D eigenvalue weighted by Gasteiger charge is 2.41. The predicted octanol–water partition coefficient (Wildman–Crippen LogP) is 9.06. The molecule has 0 saturated heterocycles. The molecule has 2 unspecified atom stereocenters. The molecule has 0 amide bonds. The van der Waals surface area contributed by atoms with Crippen LogP contribution < -0.4 is 0 Å². The molecule has 0 bridgehead atoms. The highest BCUT2D eigenvalue weighted by Crippen LogP contribution is 2.40. The molecule has 0 aliphatic heterocycles. The Kier molecular flexibility index (Phi) is 10.5. The molecule has 0 fully saturated rings. The third-order valence-corrected chi connectivity index (χ3v) is 8.70. The zero-order valence-electron chi connectivity index (χ0n) is 29.6. The zero-order chi connectivity index (χ0) is 35.8. The van der Waals surface area contributed by atoms with Gasteiger partial charge in [0.1, 0.15) is 0 Å². The van der Waals surface area contributed by atoms with Crippen molar-refractivity contribution in [2.75, 3.05) is 0 Å². The Morgan fingerprint density at radius 2 is 0.640 bits per heavy atom. The SMILES string of the molecule is CC(C)(C)C(O)(C#Cc1cc(C#CC(O)(c2ccccc2)C(C)(C)C)c(C#Cc2ccccc2)cc1C#Cc1ccccc1)c1ccccc1. The van der Waals surface area contributed by atoms with Gasteiger partial charge in [-0.05, 0) is 47.5 Å². The van der Waals surface area contributed by atoms with E-state index in [9.17, 15) is 10.2 Å². The summed E-state index contributed by atoms with van der Waals surface area (Å²) in [6, 6.07) is 42.4. The van der Waals surface area contributed by atoms with E-state index in [1.54, 1.807) is 0 Å². The van der Waals surface area contributed by atoms with E-state index in [-0.39, 0.29) is 0 Å². The first kappa shape index (κ1) is 35.6. The average Bonchev–Trinajstić information content (AvgIpc) is 3.12. The van der Waals surface area contributed by atoms with E-state index in [1.165, 1.54) is 0 Å². The Morgan fingerprint density at radius 1 is 0.360 bits per heavy atom. The van der Waals surface area contributed by atoms with Crippen molar-refractivity contribution >= 4 is 0 Å². The molecule has 0 saturated carbocycles. The summed E-state index contributed by atoms with van der Waals surface area (Å²) in [4.78, 5) is 0. The Balaban J connectivity index is 1.79. The molecule has 0 spiro atoms. The number of rotatable bonds is 2. The quantitative estimate of drug-likeness (QED) is 0.187. The van der Waals surface area contributed by atoms with Crippen LogP contribution in [0.15, 0.2) is 133 Å². The van der Waals surface area contributed by atoms with Crippen LogP contribution in [0.2, 0.25) is 0 Å². The van der Waals surface area contributed by atoms with E-state index in [0.717, 1.165) is 11.1 Å². The smallest absolute Gasteiger partial charge is 0.156 e. The fourth-order valence-corrected chi connectivity index (χ4v) is 5.39. The minimum atomic E-state index is -1.46. The second-order valence-corrected chi connectivity index (χ2v) is 14.3. The molecule has 0 aliphatic rings. The summed E-state index contributed by atoms with van der Waals surface area (Å²) >= 11 is 0. The number of aliphatic hydroxyl groups is 2. The molecule has 0 aromatic heterocycles. The van der Waals surface area contributed by atoms with Crippen molar-refractivity contribution in [3.8, 4) is 47.4 Å². The summed E-state index contributed by atoms with van der Waals surface area (Å²) in [5.41, 5.74) is 1.50. The van der Waals surface area contributed by atoms with Crippen LogP contribution in [0.4, 0.5) is 0 Å². The summed E-state index contributed by atoms with van der Waals surface area (Å²) in [6.07, 6.45) is 0. The lowest BCUT2D eigenvalue weighted by Crippen LogP contribution is -2.38. The first-order valence-electron chi connectivity index (χ1n) is 16.7. The molecule has 5 aromatic rings. The monoisotopic (exact) mass is 650 g/mol. The van der Waals surface area contributed by atoms with Gasteiger partial charge in [0.05, 0.1) is 0 Å². The van der Waals surface area contributed by atoms with Gasteiger partial charge in [0.25, 0.3) is 0 Å². The van der Waals surface area contributed by atoms with Gasteiger partial charge < -0.3 is 10.2 Å². The maximum Gasteiger partial charge on any atom is 0.156 e. The van der Waals surface area contributed by atoms with Gasteiger partial charge in [-0.3, -0.25) is 0 Å². The zero-order valence-corrected chi connectivity index (χ0v) is 29.6. The first-order chi connectivity index (χ1) is 23.8. The molecule has 5 rings (SSSR count). The Bertz CT molecular complexity index is 2030. The minimum absolute atomic E-state index is 0.598. The molecule has 5 aromatic carbocycles. The molecule has 2 atom stereocenters. The van der Waals surface area contributed by atoms with E-state index in [1.807, 2.05) is 175 Å². The second kappa shape index (κ2) is 14.8. The third-order valence-electron chi connectivity index (χ3n) is 8.70. The van der Waals surface area contributed by atoms with E-state index in [0.29, 0.717) is 33.4 Å². The van der Waals surface area contributed by atoms with E-state index >= 15 is 0 Å². The summed E-state index contributed by atoms with van der Waals surface area (Å²) in [5.74, 6) is 26.3. The fraction of sp³-hybridized carbons (Fsp3) is 0.208. The van der Waals surface area contributed by atoms with Gasteiger partial charge in [-0.2, -0.15) is 0 Å². The largest absolute Gasteiger partial charge is 0.373 e. The van der Waals surface area contributed by atoms with Crippen LogP contribution in [0.3, 0.4) is 0 Å². The van der Waals surface area contributed by atoms with Crippen molar-refractivity contribution in [3.63, 3.8) is 0 Å². The van der Waals surface area contributed by atoms with Crippen LogP contribution >= 0.6 is 0 Å². The van der Waals surface area contributed by atoms with Crippen LogP contribution in [0, 0.1) is 58.2 Å². The van der Waals surface area contributed by atoms with Crippen molar-refractivity contribution < 1.29 is 10.2 Å². The highest BCUT2D eigenvalue weighted by atomic mass is 16.3. The molecule has 0 heterocycles. The first-order valence-corrected chi connectivity index (χ1v) is 16.7. The van der Waals surface area contributed by atoms with Crippen molar-refractivity contribution in [1.82, 2.24) is 0 Å². The van der Waals surface area contributed by atoms with Gasteiger partial charge in [0.2, 0.25) is 0 Å². The van der Waals surface area contributed by atoms with Gasteiger partial charge in [0.15, 0.2) is 11.2 Å². The molecular formula is C48H42O2. The molecule has 2 heteroatoms. The lowest BCUT2D eigenvalue weighted by atomic mass is 9.72. The normalized spacial score (nSPS) is 13.3. The summed E-state index contributed by atoms with van der Waals surface area (Å²) < 4.78 is 0. The Labute approximate surface area is 298 Å². The maximum atomic E-state index is 12.1. The second-order valence-electron chi connectivity index (χ2n) is 14.3. The number of benzene rings is 5. The highest BCUT2D eigenvalue weighted by molar-refractivity contribution is 5.64. The van der Waals surface area contributed by atoms with E-state index in [4.69, 9.17) is 0 Å². The number of hydrogen-bond donors (Lipinski definition) is 2. The summed E-state index contributed by atoms with van der Waals surface area (Å²) in [6.45, 7) is 11.8. The molecule has 246 valence electrons. The van der Waals surface area contributed by atoms with Gasteiger partial charge in [-0.15, -0.1) is 0 Å². The minimum Gasteiger partial charge on any atom is -0.373 e. The molecule has 0 radical (unpaired) electrons. The molecule has 0 aliphatic carbocycles. The number of hydrogen-bond acceptors (Lipinski definition) is 2. The molecular weight excluding hydrogens is 609 g/mol. The standard InChI is InChI=1S/C48H42O2/c1-45(2,3)47(49,43-23-15-9-16-24-43)33-31-41-36-42(32-34-48(50,46(4,5)6)44-25-17-10-18-26-44)40(30-28-38-21-13-8-14-22-38)35-39(41)29-27-37-19-11-7-12-20-37/h7-26,35-36,49-50H,1-6H3. The Morgan fingerprint density at radius 3 is 0.940 bits per heavy atom. The predicted molar refractivity (Wildman–Crippen MR) is 205 cm³/mol. The van der Waals surface area contributed by atoms with Crippen molar-refractivity contribution in [1.29, 1.82) is 0 Å². The van der Waals surface area contributed by atoms with Crippen molar-refractivity contribution in [2.45, 2.75) is 52.7 Å². The fourth-order valence-electron chi connectivity index (χ4n) is 5.39. The summed E-state index contributed by atoms with van der Waals surface area (Å²) in [5, 5.41) is 24.3. The topological polar surface area (TPSA) is 40.5 Å². The molecule has 2 nitrogen and oxygen atoms in total. The van der Waals surface area contributed by atoms with E-state index in [2.05, 4.69) is 47.4 Å². The third kappa shape index (κ3) is 8.10. The lowest BCUT2D eigenvalue weighted by Gasteiger charge is -2.36. The lowest BCUT2D eigenvalue weighted by molar-refractivity contribution is -0.00905. The van der Waals surface area contributed by atoms with Crippen LogP contribution in [-0.4, -0.2) is 10.2 Å². The maximum absolute atomic E-state index is 12.1. The van der Waals surface area contributed by atoms with Crippen LogP contribution in [-0.2, 0) is 11.2 Å². The van der Waals surface area contributed by atoms with Gasteiger partial charge in [0, 0.05) is 44.2 Å². The Hall–Kier alpha value is -5.74. The molecule has 50 heavy (non-hydrogen) atoms. The van der Waals surface area contributed by atoms with E-state index < -0.39 is 22.0 Å². The van der Waals surface area contributed by atoms with Gasteiger partial charge in [-0.1, -0.05) is 186 Å².